The van der Waals surface area contributed by atoms with E-state index in [1.54, 1.807) is 17.8 Å². The Hall–Kier alpha value is -2.91. The lowest BCUT2D eigenvalue weighted by molar-refractivity contribution is 0.0931. The molecule has 1 aliphatic heterocycles. The highest BCUT2D eigenvalue weighted by Gasteiger charge is 2.29. The molecular weight excluding hydrogens is 426 g/mol. The summed E-state index contributed by atoms with van der Waals surface area (Å²) in [5.74, 6) is -0.327. The van der Waals surface area contributed by atoms with Crippen LogP contribution >= 0.6 is 0 Å². The standard InChI is InChI=1S/C23H29N5O3S/c1-17(21-15-24-28(18(21)2)19-10-6-4-7-11-19)25-23(29)22-14-20(16-26(22)3)32(30,31)27-12-8-5-9-13-27/h4,6-7,10-11,14-17H,5,8-9,12-13H2,1-3H3,(H,25,29). The van der Waals surface area contributed by atoms with E-state index < -0.39 is 10.0 Å². The van der Waals surface area contributed by atoms with Gasteiger partial charge in [-0.2, -0.15) is 9.40 Å². The van der Waals surface area contributed by atoms with Gasteiger partial charge in [0.05, 0.1) is 17.9 Å². The van der Waals surface area contributed by atoms with Crippen LogP contribution in [0.4, 0.5) is 0 Å². The average molecular weight is 456 g/mol. The zero-order valence-corrected chi connectivity index (χ0v) is 19.5. The molecule has 4 rings (SSSR count). The second kappa shape index (κ2) is 8.91. The van der Waals surface area contributed by atoms with Gasteiger partial charge in [-0.3, -0.25) is 4.79 Å². The van der Waals surface area contributed by atoms with Crippen LogP contribution in [-0.4, -0.2) is 46.1 Å². The highest BCUT2D eigenvalue weighted by molar-refractivity contribution is 7.89. The maximum atomic E-state index is 13.0. The van der Waals surface area contributed by atoms with Gasteiger partial charge in [0.2, 0.25) is 10.0 Å². The summed E-state index contributed by atoms with van der Waals surface area (Å²) in [5.41, 5.74) is 3.09. The minimum absolute atomic E-state index is 0.160. The number of para-hydroxylation sites is 1. The molecule has 1 aromatic carbocycles. The molecule has 0 aliphatic carbocycles. The molecule has 0 spiro atoms. The summed E-state index contributed by atoms with van der Waals surface area (Å²) in [6.45, 7) is 4.91. The van der Waals surface area contributed by atoms with Gasteiger partial charge in [0.1, 0.15) is 10.6 Å². The highest BCUT2D eigenvalue weighted by Crippen LogP contribution is 2.24. The normalized spacial score (nSPS) is 16.1. The number of rotatable bonds is 6. The van der Waals surface area contributed by atoms with Crippen molar-refractivity contribution in [2.24, 2.45) is 7.05 Å². The average Bonchev–Trinajstić information content (AvgIpc) is 3.38. The molecule has 2 aromatic heterocycles. The molecule has 0 radical (unpaired) electrons. The first-order chi connectivity index (χ1) is 15.3. The molecule has 1 atom stereocenters. The second-order valence-electron chi connectivity index (χ2n) is 8.26. The van der Waals surface area contributed by atoms with Crippen molar-refractivity contribution < 1.29 is 13.2 Å². The number of hydrogen-bond donors (Lipinski definition) is 1. The lowest BCUT2D eigenvalue weighted by atomic mass is 10.1. The van der Waals surface area contributed by atoms with E-state index in [9.17, 15) is 13.2 Å². The predicted octanol–water partition coefficient (Wildman–Crippen LogP) is 3.18. The number of carbonyl (C=O) groups is 1. The zero-order chi connectivity index (χ0) is 22.9. The molecule has 1 aliphatic rings. The maximum Gasteiger partial charge on any atom is 0.268 e. The van der Waals surface area contributed by atoms with Crippen molar-refractivity contribution in [1.29, 1.82) is 0 Å². The Kier molecular flexibility index (Phi) is 6.21. The third-order valence-electron chi connectivity index (χ3n) is 6.03. The van der Waals surface area contributed by atoms with Crippen LogP contribution in [0.2, 0.25) is 0 Å². The van der Waals surface area contributed by atoms with Crippen molar-refractivity contribution in [3.05, 3.63) is 65.7 Å². The molecular formula is C23H29N5O3S. The molecule has 1 fully saturated rings. The van der Waals surface area contributed by atoms with Gasteiger partial charge >= 0.3 is 0 Å². The number of aryl methyl sites for hydroxylation is 1. The van der Waals surface area contributed by atoms with Gasteiger partial charge in [-0.1, -0.05) is 24.6 Å². The van der Waals surface area contributed by atoms with E-state index in [4.69, 9.17) is 0 Å². The van der Waals surface area contributed by atoms with Crippen LogP contribution in [0.1, 0.15) is 54.0 Å². The molecule has 1 unspecified atom stereocenters. The number of benzene rings is 1. The Morgan fingerprint density at radius 1 is 1.12 bits per heavy atom. The van der Waals surface area contributed by atoms with Gasteiger partial charge < -0.3 is 9.88 Å². The molecule has 3 heterocycles. The fourth-order valence-electron chi connectivity index (χ4n) is 4.18. The van der Waals surface area contributed by atoms with E-state index in [1.165, 1.54) is 16.6 Å². The Labute approximate surface area is 188 Å². The monoisotopic (exact) mass is 455 g/mol. The van der Waals surface area contributed by atoms with Gasteiger partial charge in [-0.25, -0.2) is 13.1 Å². The Morgan fingerprint density at radius 3 is 2.50 bits per heavy atom. The summed E-state index contributed by atoms with van der Waals surface area (Å²) in [6.07, 6.45) is 6.05. The number of piperidine rings is 1. The van der Waals surface area contributed by atoms with Crippen LogP contribution in [0, 0.1) is 6.92 Å². The van der Waals surface area contributed by atoms with E-state index in [-0.39, 0.29) is 16.8 Å². The summed E-state index contributed by atoms with van der Waals surface area (Å²) in [4.78, 5) is 13.1. The second-order valence-corrected chi connectivity index (χ2v) is 10.2. The van der Waals surface area contributed by atoms with E-state index in [0.29, 0.717) is 18.8 Å². The van der Waals surface area contributed by atoms with Crippen LogP contribution in [-0.2, 0) is 17.1 Å². The number of sulfonamides is 1. The molecule has 0 saturated carbocycles. The van der Waals surface area contributed by atoms with Crippen LogP contribution in [0.3, 0.4) is 0 Å². The first-order valence-corrected chi connectivity index (χ1v) is 12.3. The Balaban J connectivity index is 1.52. The third kappa shape index (κ3) is 4.22. The first kappa shape index (κ1) is 22.3. The maximum absolute atomic E-state index is 13.0. The lowest BCUT2D eigenvalue weighted by Crippen LogP contribution is -2.35. The van der Waals surface area contributed by atoms with Gasteiger partial charge in [-0.15, -0.1) is 0 Å². The number of nitrogens with zero attached hydrogens (tertiary/aromatic N) is 4. The summed E-state index contributed by atoms with van der Waals surface area (Å²) in [6, 6.07) is 11.0. The van der Waals surface area contributed by atoms with Gasteiger partial charge in [0.25, 0.3) is 5.91 Å². The minimum atomic E-state index is -3.59. The Morgan fingerprint density at radius 2 is 1.81 bits per heavy atom. The molecule has 1 saturated heterocycles. The molecule has 1 N–H and O–H groups in total. The summed E-state index contributed by atoms with van der Waals surface area (Å²) >= 11 is 0. The molecule has 3 aromatic rings. The summed E-state index contributed by atoms with van der Waals surface area (Å²) in [5, 5.41) is 7.45. The fraction of sp³-hybridized carbons (Fsp3) is 0.391. The largest absolute Gasteiger partial charge is 0.345 e. The molecule has 0 bridgehead atoms. The van der Waals surface area contributed by atoms with Gasteiger partial charge in [-0.05, 0) is 44.9 Å². The number of nitrogens with one attached hydrogen (secondary N) is 1. The quantitative estimate of drug-likeness (QED) is 0.618. The van der Waals surface area contributed by atoms with Gasteiger partial charge in [0.15, 0.2) is 0 Å². The van der Waals surface area contributed by atoms with Crippen molar-refractivity contribution in [2.75, 3.05) is 13.1 Å². The minimum Gasteiger partial charge on any atom is -0.345 e. The predicted molar refractivity (Wildman–Crippen MR) is 122 cm³/mol. The van der Waals surface area contributed by atoms with E-state index in [2.05, 4.69) is 10.4 Å². The van der Waals surface area contributed by atoms with Crippen LogP contribution in [0.15, 0.2) is 53.7 Å². The van der Waals surface area contributed by atoms with Crippen molar-refractivity contribution >= 4 is 15.9 Å². The van der Waals surface area contributed by atoms with E-state index >= 15 is 0 Å². The molecule has 1 amide bonds. The summed E-state index contributed by atoms with van der Waals surface area (Å²) < 4.78 is 30.9. The summed E-state index contributed by atoms with van der Waals surface area (Å²) in [7, 11) is -1.90. The zero-order valence-electron chi connectivity index (χ0n) is 18.7. The van der Waals surface area contributed by atoms with Crippen LogP contribution < -0.4 is 5.32 Å². The topological polar surface area (TPSA) is 89.2 Å². The van der Waals surface area contributed by atoms with Crippen molar-refractivity contribution in [2.45, 2.75) is 44.0 Å². The molecule has 170 valence electrons. The Bertz CT molecular complexity index is 1210. The SMILES string of the molecule is Cc1c(C(C)NC(=O)c2cc(S(=O)(=O)N3CCCCC3)cn2C)cnn1-c1ccccc1. The van der Waals surface area contributed by atoms with Crippen molar-refractivity contribution in [1.82, 2.24) is 24.0 Å². The van der Waals surface area contributed by atoms with Gasteiger partial charge in [0, 0.05) is 37.6 Å². The van der Waals surface area contributed by atoms with Crippen molar-refractivity contribution in [3.63, 3.8) is 0 Å². The number of aromatic nitrogens is 3. The van der Waals surface area contributed by atoms with Crippen LogP contribution in [0.5, 0.6) is 0 Å². The highest BCUT2D eigenvalue weighted by atomic mass is 32.2. The first-order valence-electron chi connectivity index (χ1n) is 10.9. The molecule has 9 heteroatoms. The smallest absolute Gasteiger partial charge is 0.268 e. The number of hydrogen-bond acceptors (Lipinski definition) is 4. The number of amides is 1. The molecule has 32 heavy (non-hydrogen) atoms. The van der Waals surface area contributed by atoms with Crippen molar-refractivity contribution in [3.8, 4) is 5.69 Å². The van der Waals surface area contributed by atoms with Crippen LogP contribution in [0.25, 0.3) is 5.69 Å². The number of carbonyl (C=O) groups excluding carboxylic acids is 1. The fourth-order valence-corrected chi connectivity index (χ4v) is 5.77. The molecule has 8 nitrogen and oxygen atoms in total. The van der Waals surface area contributed by atoms with E-state index in [0.717, 1.165) is 36.2 Å². The van der Waals surface area contributed by atoms with E-state index in [1.807, 2.05) is 48.9 Å². The third-order valence-corrected chi connectivity index (χ3v) is 7.89. The lowest BCUT2D eigenvalue weighted by Gasteiger charge is -2.25.